The van der Waals surface area contributed by atoms with Crippen molar-refractivity contribution in [1.82, 2.24) is 0 Å². The zero-order chi connectivity index (χ0) is 31.7. The third-order valence-corrected chi connectivity index (χ3v) is 11.7. The summed E-state index contributed by atoms with van der Waals surface area (Å²) in [5, 5.41) is 23.4. The average molecular weight is 647 g/mol. The van der Waals surface area contributed by atoms with Gasteiger partial charge in [-0.2, -0.15) is 0 Å². The summed E-state index contributed by atoms with van der Waals surface area (Å²) in [6, 6.07) is 8.12. The van der Waals surface area contributed by atoms with Crippen molar-refractivity contribution in [2.45, 2.75) is 76.9 Å². The van der Waals surface area contributed by atoms with E-state index in [0.717, 1.165) is 29.7 Å². The Hall–Kier alpha value is -2.19. The van der Waals surface area contributed by atoms with E-state index in [1.807, 2.05) is 37.3 Å². The van der Waals surface area contributed by atoms with Crippen LogP contribution in [0.5, 0.6) is 0 Å². The van der Waals surface area contributed by atoms with Crippen LogP contribution in [0.25, 0.3) is 0 Å². The fraction of sp³-hybridized carbons (Fsp3) is 0.629. The smallest absolute Gasteiger partial charge is 0.306 e. The van der Waals surface area contributed by atoms with Crippen molar-refractivity contribution >= 4 is 46.4 Å². The molecule has 3 fully saturated rings. The van der Waals surface area contributed by atoms with Crippen molar-refractivity contribution < 1.29 is 29.3 Å². The molecule has 1 unspecified atom stereocenters. The Morgan fingerprint density at radius 3 is 2.48 bits per heavy atom. The normalized spacial score (nSPS) is 34.0. The largest absolute Gasteiger partial charge is 0.458 e. The number of ketones is 2. The maximum absolute atomic E-state index is 13.5. The highest BCUT2D eigenvalue weighted by Gasteiger charge is 2.68. The van der Waals surface area contributed by atoms with Gasteiger partial charge >= 0.3 is 5.97 Å². The predicted octanol–water partition coefficient (Wildman–Crippen LogP) is 5.42. The van der Waals surface area contributed by atoms with Crippen LogP contribution in [-0.2, 0) is 25.5 Å². The minimum absolute atomic E-state index is 0.0103. The van der Waals surface area contributed by atoms with Crippen LogP contribution in [0.3, 0.4) is 0 Å². The molecule has 4 aliphatic rings. The number of esters is 1. The van der Waals surface area contributed by atoms with Gasteiger partial charge in [-0.3, -0.25) is 14.4 Å². The number of fused-ring (bicyclic) bond motifs is 5. The second kappa shape index (κ2) is 13.3. The number of carbonyl (C=O) groups excluding carboxylic acids is 3. The first-order chi connectivity index (χ1) is 21.0. The van der Waals surface area contributed by atoms with Crippen LogP contribution < -0.4 is 4.90 Å². The molecule has 2 N–H and O–H groups in total. The monoisotopic (exact) mass is 645 g/mol. The van der Waals surface area contributed by atoms with E-state index in [1.165, 1.54) is 0 Å². The maximum Gasteiger partial charge on any atom is 0.306 e. The first-order valence-corrected chi connectivity index (χ1v) is 17.0. The zero-order valence-corrected chi connectivity index (χ0v) is 27.3. The van der Waals surface area contributed by atoms with Crippen molar-refractivity contribution in [2.24, 2.45) is 28.6 Å². The van der Waals surface area contributed by atoms with Gasteiger partial charge in [0.1, 0.15) is 5.60 Å². The van der Waals surface area contributed by atoms with E-state index in [4.69, 9.17) is 27.9 Å². The molecule has 4 aliphatic carbocycles. The lowest BCUT2D eigenvalue weighted by atomic mass is 9.46. The fourth-order valence-electron chi connectivity index (χ4n) is 9.01. The summed E-state index contributed by atoms with van der Waals surface area (Å²) >= 11 is 11.8. The maximum atomic E-state index is 13.5. The Morgan fingerprint density at radius 1 is 1.09 bits per heavy atom. The first-order valence-electron chi connectivity index (χ1n) is 16.0. The molecule has 0 spiro atoms. The van der Waals surface area contributed by atoms with Gasteiger partial charge in [-0.25, -0.2) is 0 Å². The van der Waals surface area contributed by atoms with Crippen molar-refractivity contribution in [2.75, 3.05) is 36.4 Å². The number of hydrogen-bond donors (Lipinski definition) is 2. The number of alkyl halides is 2. The third-order valence-electron chi connectivity index (χ3n) is 11.3. The third kappa shape index (κ3) is 6.02. The predicted molar refractivity (Wildman–Crippen MR) is 172 cm³/mol. The lowest BCUT2D eigenvalue weighted by Gasteiger charge is -2.59. The number of halogens is 2. The lowest BCUT2D eigenvalue weighted by Crippen LogP contribution is -2.61. The van der Waals surface area contributed by atoms with Crippen LogP contribution in [0.2, 0.25) is 0 Å². The van der Waals surface area contributed by atoms with E-state index >= 15 is 0 Å². The van der Waals surface area contributed by atoms with E-state index in [2.05, 4.69) is 11.8 Å². The summed E-state index contributed by atoms with van der Waals surface area (Å²) in [6.07, 6.45) is 8.81. The van der Waals surface area contributed by atoms with Crippen LogP contribution in [0.1, 0.15) is 64.4 Å². The molecule has 7 nitrogen and oxygen atoms in total. The summed E-state index contributed by atoms with van der Waals surface area (Å²) in [5.41, 5.74) is 0.321. The highest BCUT2D eigenvalue weighted by atomic mass is 35.5. The summed E-state index contributed by atoms with van der Waals surface area (Å²) in [5.74, 6) is 0.166. The highest BCUT2D eigenvalue weighted by Crippen LogP contribution is 2.67. The average Bonchev–Trinajstić information content (AvgIpc) is 3.27. The van der Waals surface area contributed by atoms with Gasteiger partial charge in [-0.1, -0.05) is 37.6 Å². The molecular weight excluding hydrogens is 601 g/mol. The molecule has 240 valence electrons. The van der Waals surface area contributed by atoms with Crippen molar-refractivity contribution in [1.29, 1.82) is 0 Å². The van der Waals surface area contributed by atoms with Crippen LogP contribution >= 0.6 is 23.2 Å². The fourth-order valence-corrected chi connectivity index (χ4v) is 9.42. The minimum atomic E-state index is -1.66. The number of nitrogens with zero attached hydrogens (tertiary/aromatic N) is 1. The van der Waals surface area contributed by atoms with E-state index in [1.54, 1.807) is 12.2 Å². The molecule has 3 saturated carbocycles. The van der Waals surface area contributed by atoms with Crippen molar-refractivity contribution in [3.63, 3.8) is 0 Å². The van der Waals surface area contributed by atoms with Gasteiger partial charge < -0.3 is 19.8 Å². The molecule has 0 heterocycles. The summed E-state index contributed by atoms with van der Waals surface area (Å²) in [4.78, 5) is 40.3. The molecule has 1 aromatic rings. The Bertz CT molecular complexity index is 1310. The highest BCUT2D eigenvalue weighted by molar-refractivity contribution is 6.18. The number of hydrogen-bond acceptors (Lipinski definition) is 7. The van der Waals surface area contributed by atoms with Crippen LogP contribution in [0.15, 0.2) is 48.1 Å². The number of aryl methyl sites for hydroxylation is 1. The number of carbonyl (C=O) groups is 3. The molecule has 7 atom stereocenters. The standard InChI is InChI=1S/C35H45Cl2NO6/c1-33-14-12-26(39)20-24(33)8-11-27-28-13-15-35(43,34(28,2)21-29(40)32(27)33)30(41)22-44-31(42)5-3-4-23-6-9-25(10-7-23)38(18-16-36)19-17-37/h6-7,9-10,12,14,20,27-29,32,40,43H,3-5,8,11,13,15-19,21-22H2,1-2H3/t27-,28-,29?,32+,33-,34-,35-/m1/s1. The molecule has 0 saturated heterocycles. The van der Waals surface area contributed by atoms with Gasteiger partial charge in [-0.05, 0) is 86.6 Å². The SMILES string of the molecule is C[C@@]12C=CC(=O)C=C1CC[C@H]1[C@H]2C(O)C[C@]2(C)[C@@H]1CC[C@@]2(O)C(=O)COC(=O)CCCc1ccc(N(CCCl)CCCl)cc1. The molecule has 1 aromatic carbocycles. The number of aliphatic hydroxyl groups excluding tert-OH is 1. The topological polar surface area (TPSA) is 104 Å². The van der Waals surface area contributed by atoms with Crippen molar-refractivity contribution in [3.05, 3.63) is 53.6 Å². The van der Waals surface area contributed by atoms with Crippen LogP contribution in [0, 0.1) is 28.6 Å². The second-order valence-electron chi connectivity index (χ2n) is 13.6. The van der Waals surface area contributed by atoms with E-state index in [-0.39, 0.29) is 42.8 Å². The van der Waals surface area contributed by atoms with E-state index in [9.17, 15) is 24.6 Å². The molecule has 0 aliphatic heterocycles. The molecule has 5 rings (SSSR count). The molecule has 9 heteroatoms. The Morgan fingerprint density at radius 2 is 1.80 bits per heavy atom. The van der Waals surface area contributed by atoms with E-state index in [0.29, 0.717) is 44.1 Å². The van der Waals surface area contributed by atoms with Gasteiger partial charge in [0, 0.05) is 53.7 Å². The molecule has 0 aromatic heterocycles. The molecular formula is C35H45Cl2NO6. The van der Waals surface area contributed by atoms with Crippen LogP contribution in [0.4, 0.5) is 5.69 Å². The first kappa shape index (κ1) is 33.2. The second-order valence-corrected chi connectivity index (χ2v) is 14.3. The quantitative estimate of drug-likeness (QED) is 0.231. The van der Waals surface area contributed by atoms with Gasteiger partial charge in [-0.15, -0.1) is 23.2 Å². The van der Waals surface area contributed by atoms with Gasteiger partial charge in [0.15, 0.2) is 12.4 Å². The van der Waals surface area contributed by atoms with E-state index < -0.39 is 40.9 Å². The number of benzene rings is 1. The molecule has 0 amide bonds. The molecule has 0 bridgehead atoms. The minimum Gasteiger partial charge on any atom is -0.458 e. The molecule has 0 radical (unpaired) electrons. The van der Waals surface area contributed by atoms with Gasteiger partial charge in [0.2, 0.25) is 5.78 Å². The van der Waals surface area contributed by atoms with Gasteiger partial charge in [0.05, 0.1) is 6.10 Å². The summed E-state index contributed by atoms with van der Waals surface area (Å²) < 4.78 is 5.39. The number of allylic oxidation sites excluding steroid dienone is 4. The van der Waals surface area contributed by atoms with Gasteiger partial charge in [0.25, 0.3) is 0 Å². The Balaban J connectivity index is 1.15. The Labute approximate surface area is 270 Å². The number of aliphatic hydroxyl groups is 2. The number of rotatable bonds is 12. The van der Waals surface area contributed by atoms with Crippen LogP contribution in [-0.4, -0.2) is 70.9 Å². The lowest BCUT2D eigenvalue weighted by molar-refractivity contribution is -0.181. The number of anilines is 1. The summed E-state index contributed by atoms with van der Waals surface area (Å²) in [6.45, 7) is 4.99. The molecule has 44 heavy (non-hydrogen) atoms. The number of Topliss-reactive ketones (excluding diaryl/α,β-unsaturated/α-hetero) is 1. The van der Waals surface area contributed by atoms with Crippen molar-refractivity contribution in [3.8, 4) is 0 Å². The zero-order valence-electron chi connectivity index (χ0n) is 25.8. The number of ether oxygens (including phenoxy) is 1. The Kier molecular flexibility index (Phi) is 10.0. The summed E-state index contributed by atoms with van der Waals surface area (Å²) in [7, 11) is 0.